The highest BCUT2D eigenvalue weighted by atomic mass is 16.5. The Balaban J connectivity index is 0.000000220. The molecule has 0 unspecified atom stereocenters. The molecule has 5 heteroatoms. The molecule has 2 heterocycles. The number of ether oxygens (including phenoxy) is 1. The van der Waals surface area contributed by atoms with Gasteiger partial charge in [-0.15, -0.1) is 0 Å². The first kappa shape index (κ1) is 18.0. The van der Waals surface area contributed by atoms with Crippen molar-refractivity contribution in [1.82, 2.24) is 19.9 Å². The summed E-state index contributed by atoms with van der Waals surface area (Å²) >= 11 is 0. The number of hydrogen-bond donors (Lipinski definition) is 0. The van der Waals surface area contributed by atoms with E-state index < -0.39 is 0 Å². The molecular formula is C17H26N4O. The average Bonchev–Trinajstić information content (AvgIpc) is 2.50. The van der Waals surface area contributed by atoms with Crippen molar-refractivity contribution in [2.45, 2.75) is 53.4 Å². The van der Waals surface area contributed by atoms with E-state index in [9.17, 15) is 0 Å². The van der Waals surface area contributed by atoms with Crippen LogP contribution in [0.1, 0.15) is 62.3 Å². The zero-order chi connectivity index (χ0) is 16.7. The van der Waals surface area contributed by atoms with E-state index in [-0.39, 0.29) is 0 Å². The van der Waals surface area contributed by atoms with Crippen molar-refractivity contribution in [1.29, 1.82) is 0 Å². The van der Waals surface area contributed by atoms with Crippen molar-refractivity contribution in [2.24, 2.45) is 0 Å². The lowest BCUT2D eigenvalue weighted by Crippen LogP contribution is -2.00. The Morgan fingerprint density at radius 3 is 2.09 bits per heavy atom. The fourth-order valence-corrected chi connectivity index (χ4v) is 1.84. The molecule has 0 saturated heterocycles. The highest BCUT2D eigenvalue weighted by Gasteiger charge is 2.05. The molecule has 0 fully saturated rings. The largest absolute Gasteiger partial charge is 0.480 e. The maximum Gasteiger partial charge on any atom is 0.232 e. The van der Waals surface area contributed by atoms with E-state index in [4.69, 9.17) is 4.74 Å². The smallest absolute Gasteiger partial charge is 0.232 e. The molecule has 22 heavy (non-hydrogen) atoms. The standard InChI is InChI=1S/C9H14N2.C8H12N2O/c1-6(2)9-8(4)10-5-7(3)11-9;1-6(2)7-4-9-5-8(10-7)11-3/h5-6H,1-4H3;4-6H,1-3H3. The van der Waals surface area contributed by atoms with Gasteiger partial charge in [0.25, 0.3) is 0 Å². The van der Waals surface area contributed by atoms with Gasteiger partial charge >= 0.3 is 0 Å². The highest BCUT2D eigenvalue weighted by Crippen LogP contribution is 2.14. The number of aromatic nitrogens is 4. The summed E-state index contributed by atoms with van der Waals surface area (Å²) in [6, 6.07) is 0. The van der Waals surface area contributed by atoms with E-state index in [1.165, 1.54) is 0 Å². The SMILES string of the molecule is COc1cncc(C(C)C)n1.Cc1cnc(C)c(C(C)C)n1. The molecule has 0 radical (unpaired) electrons. The molecule has 0 atom stereocenters. The molecule has 0 saturated carbocycles. The maximum atomic E-state index is 4.93. The topological polar surface area (TPSA) is 60.8 Å². The van der Waals surface area contributed by atoms with Crippen LogP contribution in [0.4, 0.5) is 0 Å². The molecule has 5 nitrogen and oxygen atoms in total. The van der Waals surface area contributed by atoms with Crippen molar-refractivity contribution in [3.8, 4) is 5.88 Å². The molecule has 0 aromatic carbocycles. The molecule has 0 N–H and O–H groups in total. The Bertz CT molecular complexity index is 597. The Morgan fingerprint density at radius 2 is 1.59 bits per heavy atom. The van der Waals surface area contributed by atoms with E-state index in [1.807, 2.05) is 13.8 Å². The lowest BCUT2D eigenvalue weighted by atomic mass is 10.1. The average molecular weight is 302 g/mol. The van der Waals surface area contributed by atoms with Crippen LogP contribution in [0.15, 0.2) is 18.6 Å². The van der Waals surface area contributed by atoms with Crippen LogP contribution in [0.25, 0.3) is 0 Å². The quantitative estimate of drug-likeness (QED) is 0.862. The fourth-order valence-electron chi connectivity index (χ4n) is 1.84. The first-order valence-electron chi connectivity index (χ1n) is 7.51. The molecule has 0 bridgehead atoms. The molecule has 0 aliphatic carbocycles. The Hall–Kier alpha value is -2.04. The monoisotopic (exact) mass is 302 g/mol. The maximum absolute atomic E-state index is 4.93. The summed E-state index contributed by atoms with van der Waals surface area (Å²) < 4.78 is 4.93. The molecule has 0 aliphatic rings. The lowest BCUT2D eigenvalue weighted by Gasteiger charge is -2.07. The van der Waals surface area contributed by atoms with Gasteiger partial charge in [-0.1, -0.05) is 27.7 Å². The summed E-state index contributed by atoms with van der Waals surface area (Å²) in [5, 5.41) is 0. The summed E-state index contributed by atoms with van der Waals surface area (Å²) in [4.78, 5) is 16.8. The second-order valence-electron chi connectivity index (χ2n) is 5.78. The van der Waals surface area contributed by atoms with Gasteiger partial charge in [0.05, 0.1) is 36.1 Å². The molecule has 2 aromatic heterocycles. The van der Waals surface area contributed by atoms with Crippen LogP contribution in [0.3, 0.4) is 0 Å². The summed E-state index contributed by atoms with van der Waals surface area (Å²) in [6.07, 6.45) is 5.17. The third kappa shape index (κ3) is 5.39. The van der Waals surface area contributed by atoms with Crippen molar-refractivity contribution in [2.75, 3.05) is 7.11 Å². The fraction of sp³-hybridized carbons (Fsp3) is 0.529. The molecule has 2 aromatic rings. The Kier molecular flexibility index (Phi) is 6.89. The van der Waals surface area contributed by atoms with Crippen LogP contribution in [-0.2, 0) is 0 Å². The lowest BCUT2D eigenvalue weighted by molar-refractivity contribution is 0.393. The highest BCUT2D eigenvalue weighted by molar-refractivity contribution is 5.15. The zero-order valence-electron chi connectivity index (χ0n) is 14.6. The minimum absolute atomic E-state index is 0.401. The second-order valence-corrected chi connectivity index (χ2v) is 5.78. The first-order chi connectivity index (χ1) is 10.3. The van der Waals surface area contributed by atoms with Gasteiger partial charge in [-0.25, -0.2) is 4.98 Å². The number of rotatable bonds is 3. The van der Waals surface area contributed by atoms with E-state index in [2.05, 4.69) is 47.6 Å². The molecule has 120 valence electrons. The summed E-state index contributed by atoms with van der Waals surface area (Å²) in [6.45, 7) is 12.4. The second kappa shape index (κ2) is 8.41. The molecule has 2 rings (SSSR count). The minimum Gasteiger partial charge on any atom is -0.480 e. The van der Waals surface area contributed by atoms with Gasteiger partial charge in [0.1, 0.15) is 0 Å². The van der Waals surface area contributed by atoms with Gasteiger partial charge in [0.2, 0.25) is 5.88 Å². The van der Waals surface area contributed by atoms with Crippen molar-refractivity contribution >= 4 is 0 Å². The minimum atomic E-state index is 0.401. The van der Waals surface area contributed by atoms with Gasteiger partial charge in [0.15, 0.2) is 0 Å². The molecule has 0 aliphatic heterocycles. The van der Waals surface area contributed by atoms with E-state index in [1.54, 1.807) is 25.7 Å². The van der Waals surface area contributed by atoms with E-state index in [0.29, 0.717) is 17.7 Å². The molecular weight excluding hydrogens is 276 g/mol. The molecule has 0 amide bonds. The van der Waals surface area contributed by atoms with Gasteiger partial charge in [-0.2, -0.15) is 0 Å². The Morgan fingerprint density at radius 1 is 0.909 bits per heavy atom. The summed E-state index contributed by atoms with van der Waals surface area (Å²) in [7, 11) is 1.59. The van der Waals surface area contributed by atoms with Crippen molar-refractivity contribution < 1.29 is 4.74 Å². The number of aryl methyl sites for hydroxylation is 2. The normalized spacial score (nSPS) is 10.4. The van der Waals surface area contributed by atoms with Crippen LogP contribution >= 0.6 is 0 Å². The van der Waals surface area contributed by atoms with Crippen LogP contribution < -0.4 is 4.74 Å². The van der Waals surface area contributed by atoms with E-state index >= 15 is 0 Å². The van der Waals surface area contributed by atoms with E-state index in [0.717, 1.165) is 22.8 Å². The van der Waals surface area contributed by atoms with Crippen LogP contribution in [0.2, 0.25) is 0 Å². The third-order valence-corrected chi connectivity index (χ3v) is 3.09. The van der Waals surface area contributed by atoms with Crippen LogP contribution in [0, 0.1) is 13.8 Å². The van der Waals surface area contributed by atoms with Gasteiger partial charge in [-0.05, 0) is 25.7 Å². The summed E-state index contributed by atoms with van der Waals surface area (Å²) in [5.74, 6) is 1.45. The van der Waals surface area contributed by atoms with Gasteiger partial charge < -0.3 is 4.74 Å². The van der Waals surface area contributed by atoms with Crippen LogP contribution in [-0.4, -0.2) is 27.0 Å². The molecule has 0 spiro atoms. The predicted octanol–water partition coefficient (Wildman–Crippen LogP) is 3.83. The Labute approximate surface area is 133 Å². The third-order valence-electron chi connectivity index (χ3n) is 3.09. The number of hydrogen-bond acceptors (Lipinski definition) is 5. The number of methoxy groups -OCH3 is 1. The zero-order valence-corrected chi connectivity index (χ0v) is 14.6. The first-order valence-corrected chi connectivity index (χ1v) is 7.51. The van der Waals surface area contributed by atoms with Crippen LogP contribution in [0.5, 0.6) is 5.88 Å². The van der Waals surface area contributed by atoms with Crippen molar-refractivity contribution in [3.05, 3.63) is 41.4 Å². The van der Waals surface area contributed by atoms with Crippen molar-refractivity contribution in [3.63, 3.8) is 0 Å². The number of nitrogens with zero attached hydrogens (tertiary/aromatic N) is 4. The van der Waals surface area contributed by atoms with Gasteiger partial charge in [-0.3, -0.25) is 15.0 Å². The van der Waals surface area contributed by atoms with Gasteiger partial charge in [0, 0.05) is 12.4 Å². The predicted molar refractivity (Wildman–Crippen MR) is 88.3 cm³/mol. The summed E-state index contributed by atoms with van der Waals surface area (Å²) in [5.41, 5.74) is 4.12.